The van der Waals surface area contributed by atoms with Gasteiger partial charge in [0.2, 0.25) is 0 Å². The zero-order valence-electron chi connectivity index (χ0n) is 7.54. The molecule has 0 atom stereocenters. The fourth-order valence-corrected chi connectivity index (χ4v) is 1.81. The van der Waals surface area contributed by atoms with Crippen LogP contribution < -0.4 is 0 Å². The standard InChI is InChI=1S/C10H8BrFN2/c1-14-9(6-10(11)13-14)7-4-2-3-5-8(7)12/h2-6H,1H3. The largest absolute Gasteiger partial charge is 0.267 e. The molecule has 0 amide bonds. The van der Waals surface area contributed by atoms with Crippen LogP contribution in [0.2, 0.25) is 0 Å². The van der Waals surface area contributed by atoms with Gasteiger partial charge in [-0.2, -0.15) is 5.10 Å². The van der Waals surface area contributed by atoms with Crippen molar-refractivity contribution in [2.75, 3.05) is 0 Å². The summed E-state index contributed by atoms with van der Waals surface area (Å²) in [5.74, 6) is -0.233. The first-order chi connectivity index (χ1) is 6.68. The minimum absolute atomic E-state index is 0.233. The molecule has 1 aromatic carbocycles. The maximum Gasteiger partial charge on any atom is 0.132 e. The van der Waals surface area contributed by atoms with Crippen LogP contribution in [-0.4, -0.2) is 9.78 Å². The van der Waals surface area contributed by atoms with Gasteiger partial charge in [-0.25, -0.2) is 4.39 Å². The molecule has 0 unspecified atom stereocenters. The highest BCUT2D eigenvalue weighted by molar-refractivity contribution is 9.10. The summed E-state index contributed by atoms with van der Waals surface area (Å²) in [5, 5.41) is 4.10. The van der Waals surface area contributed by atoms with Crippen LogP contribution >= 0.6 is 15.9 Å². The van der Waals surface area contributed by atoms with Crippen LogP contribution in [0, 0.1) is 5.82 Å². The van der Waals surface area contributed by atoms with Crippen molar-refractivity contribution in [1.29, 1.82) is 0 Å². The zero-order chi connectivity index (χ0) is 10.1. The van der Waals surface area contributed by atoms with E-state index in [9.17, 15) is 4.39 Å². The minimum Gasteiger partial charge on any atom is -0.267 e. The van der Waals surface area contributed by atoms with Crippen LogP contribution in [0.15, 0.2) is 34.9 Å². The maximum atomic E-state index is 13.4. The van der Waals surface area contributed by atoms with E-state index in [1.54, 1.807) is 36.0 Å². The molecule has 2 rings (SSSR count). The van der Waals surface area contributed by atoms with Crippen LogP contribution in [0.3, 0.4) is 0 Å². The highest BCUT2D eigenvalue weighted by Crippen LogP contribution is 2.24. The number of nitrogens with zero attached hydrogens (tertiary/aromatic N) is 2. The van der Waals surface area contributed by atoms with E-state index < -0.39 is 0 Å². The van der Waals surface area contributed by atoms with Gasteiger partial charge < -0.3 is 0 Å². The third kappa shape index (κ3) is 1.57. The number of rotatable bonds is 1. The van der Waals surface area contributed by atoms with Crippen molar-refractivity contribution in [3.63, 3.8) is 0 Å². The molecule has 0 aliphatic heterocycles. The van der Waals surface area contributed by atoms with E-state index in [1.807, 2.05) is 0 Å². The number of aromatic nitrogens is 2. The summed E-state index contributed by atoms with van der Waals surface area (Å²) in [6.07, 6.45) is 0. The van der Waals surface area contributed by atoms with Gasteiger partial charge in [-0.1, -0.05) is 12.1 Å². The van der Waals surface area contributed by atoms with Crippen molar-refractivity contribution in [2.24, 2.45) is 7.05 Å². The van der Waals surface area contributed by atoms with Gasteiger partial charge in [-0.05, 0) is 34.1 Å². The fraction of sp³-hybridized carbons (Fsp3) is 0.100. The summed E-state index contributed by atoms with van der Waals surface area (Å²) in [7, 11) is 1.78. The van der Waals surface area contributed by atoms with Crippen LogP contribution in [0.1, 0.15) is 0 Å². The quantitative estimate of drug-likeness (QED) is 0.765. The predicted molar refractivity (Wildman–Crippen MR) is 56.3 cm³/mol. The van der Waals surface area contributed by atoms with E-state index in [0.717, 1.165) is 5.69 Å². The van der Waals surface area contributed by atoms with Gasteiger partial charge in [0.15, 0.2) is 0 Å². The van der Waals surface area contributed by atoms with Crippen molar-refractivity contribution in [3.05, 3.63) is 40.8 Å². The summed E-state index contributed by atoms with van der Waals surface area (Å²) < 4.78 is 15.8. The third-order valence-electron chi connectivity index (χ3n) is 2.00. The Morgan fingerprint density at radius 3 is 2.64 bits per heavy atom. The Balaban J connectivity index is 2.60. The highest BCUT2D eigenvalue weighted by Gasteiger charge is 2.09. The summed E-state index contributed by atoms with van der Waals surface area (Å²) >= 11 is 3.25. The molecule has 0 aliphatic carbocycles. The first-order valence-electron chi connectivity index (χ1n) is 4.13. The van der Waals surface area contributed by atoms with Gasteiger partial charge in [0, 0.05) is 12.6 Å². The Labute approximate surface area is 89.5 Å². The monoisotopic (exact) mass is 254 g/mol. The molecule has 0 saturated carbocycles. The van der Waals surface area contributed by atoms with E-state index in [4.69, 9.17) is 0 Å². The number of halogens is 2. The molecule has 2 aromatic rings. The fourth-order valence-electron chi connectivity index (χ4n) is 1.35. The Morgan fingerprint density at radius 2 is 2.07 bits per heavy atom. The van der Waals surface area contributed by atoms with E-state index in [1.165, 1.54) is 6.07 Å². The van der Waals surface area contributed by atoms with Crippen LogP contribution in [-0.2, 0) is 7.05 Å². The van der Waals surface area contributed by atoms with E-state index in [2.05, 4.69) is 21.0 Å². The molecular weight excluding hydrogens is 247 g/mol. The molecule has 0 saturated heterocycles. The summed E-state index contributed by atoms with van der Waals surface area (Å²) in [4.78, 5) is 0. The van der Waals surface area contributed by atoms with Gasteiger partial charge in [-0.15, -0.1) is 0 Å². The van der Waals surface area contributed by atoms with Crippen LogP contribution in [0.4, 0.5) is 4.39 Å². The molecule has 1 aromatic heterocycles. The second kappa shape index (κ2) is 3.53. The van der Waals surface area contributed by atoms with Gasteiger partial charge in [0.05, 0.1) is 5.69 Å². The molecule has 4 heteroatoms. The number of hydrogen-bond acceptors (Lipinski definition) is 1. The van der Waals surface area contributed by atoms with Gasteiger partial charge >= 0.3 is 0 Å². The average Bonchev–Trinajstić information content (AvgIpc) is 2.46. The average molecular weight is 255 g/mol. The Bertz CT molecular complexity index is 465. The summed E-state index contributed by atoms with van der Waals surface area (Å²) in [5.41, 5.74) is 1.32. The van der Waals surface area contributed by atoms with Crippen molar-refractivity contribution < 1.29 is 4.39 Å². The molecule has 1 heterocycles. The number of aryl methyl sites for hydroxylation is 1. The van der Waals surface area contributed by atoms with E-state index in [0.29, 0.717) is 10.2 Å². The Kier molecular flexibility index (Phi) is 2.37. The lowest BCUT2D eigenvalue weighted by molar-refractivity contribution is 0.628. The first kappa shape index (κ1) is 9.40. The molecular formula is C10H8BrFN2. The zero-order valence-corrected chi connectivity index (χ0v) is 9.12. The lowest BCUT2D eigenvalue weighted by Crippen LogP contribution is -1.94. The van der Waals surface area contributed by atoms with Crippen molar-refractivity contribution in [3.8, 4) is 11.3 Å². The molecule has 0 aliphatic rings. The first-order valence-corrected chi connectivity index (χ1v) is 4.92. The van der Waals surface area contributed by atoms with Crippen LogP contribution in [0.25, 0.3) is 11.3 Å². The van der Waals surface area contributed by atoms with Gasteiger partial charge in [0.1, 0.15) is 10.4 Å². The normalized spacial score (nSPS) is 10.5. The molecule has 14 heavy (non-hydrogen) atoms. The lowest BCUT2D eigenvalue weighted by atomic mass is 10.1. The topological polar surface area (TPSA) is 17.8 Å². The van der Waals surface area contributed by atoms with E-state index >= 15 is 0 Å². The summed E-state index contributed by atoms with van der Waals surface area (Å²) in [6, 6.07) is 8.44. The molecule has 0 radical (unpaired) electrons. The molecule has 0 bridgehead atoms. The molecule has 0 fully saturated rings. The van der Waals surface area contributed by atoms with Gasteiger partial charge in [0.25, 0.3) is 0 Å². The number of benzene rings is 1. The molecule has 0 spiro atoms. The van der Waals surface area contributed by atoms with Gasteiger partial charge in [-0.3, -0.25) is 4.68 Å². The Morgan fingerprint density at radius 1 is 1.36 bits per heavy atom. The number of hydrogen-bond donors (Lipinski definition) is 0. The van der Waals surface area contributed by atoms with Crippen molar-refractivity contribution in [1.82, 2.24) is 9.78 Å². The predicted octanol–water partition coefficient (Wildman–Crippen LogP) is 2.99. The smallest absolute Gasteiger partial charge is 0.132 e. The molecule has 2 nitrogen and oxygen atoms in total. The molecule has 0 N–H and O–H groups in total. The second-order valence-electron chi connectivity index (χ2n) is 2.96. The highest BCUT2D eigenvalue weighted by atomic mass is 79.9. The third-order valence-corrected chi connectivity index (χ3v) is 2.39. The van der Waals surface area contributed by atoms with Crippen LogP contribution in [0.5, 0.6) is 0 Å². The Hall–Kier alpha value is -1.16. The second-order valence-corrected chi connectivity index (χ2v) is 3.77. The maximum absolute atomic E-state index is 13.4. The summed E-state index contributed by atoms with van der Waals surface area (Å²) in [6.45, 7) is 0. The van der Waals surface area contributed by atoms with E-state index in [-0.39, 0.29) is 5.82 Å². The lowest BCUT2D eigenvalue weighted by Gasteiger charge is -2.02. The van der Waals surface area contributed by atoms with Crippen molar-refractivity contribution in [2.45, 2.75) is 0 Å². The minimum atomic E-state index is -0.233. The molecule has 72 valence electrons. The van der Waals surface area contributed by atoms with Crippen molar-refractivity contribution >= 4 is 15.9 Å². The SMILES string of the molecule is Cn1nc(Br)cc1-c1ccccc1F.